The second-order valence-corrected chi connectivity index (χ2v) is 4.35. The Hall–Kier alpha value is -1.52. The van der Waals surface area contributed by atoms with Gasteiger partial charge in [-0.1, -0.05) is 17.7 Å². The number of aromatic nitrogens is 1. The van der Waals surface area contributed by atoms with Crippen LogP contribution in [0, 0.1) is 11.6 Å². The van der Waals surface area contributed by atoms with Gasteiger partial charge in [0.1, 0.15) is 11.6 Å². The standard InChI is InChI=1S/C13H11ClF2N2/c14-9-4-3-8(11(16)7-9)6-12(17)13-10(15)2-1-5-18-13/h1-5,7,12H,6,17H2. The van der Waals surface area contributed by atoms with Crippen LogP contribution >= 0.6 is 11.6 Å². The lowest BCUT2D eigenvalue weighted by Crippen LogP contribution is -2.17. The van der Waals surface area contributed by atoms with Crippen LogP contribution in [0.2, 0.25) is 5.02 Å². The summed E-state index contributed by atoms with van der Waals surface area (Å²) in [4.78, 5) is 3.87. The van der Waals surface area contributed by atoms with Gasteiger partial charge in [0.05, 0.1) is 11.7 Å². The highest BCUT2D eigenvalue weighted by Crippen LogP contribution is 2.21. The molecule has 5 heteroatoms. The Morgan fingerprint density at radius 3 is 2.67 bits per heavy atom. The number of nitrogens with zero attached hydrogens (tertiary/aromatic N) is 1. The van der Waals surface area contributed by atoms with Crippen LogP contribution in [0.15, 0.2) is 36.5 Å². The molecule has 1 atom stereocenters. The van der Waals surface area contributed by atoms with Gasteiger partial charge < -0.3 is 5.73 Å². The van der Waals surface area contributed by atoms with Crippen LogP contribution in [-0.4, -0.2) is 4.98 Å². The van der Waals surface area contributed by atoms with E-state index in [2.05, 4.69) is 4.98 Å². The Morgan fingerprint density at radius 2 is 2.00 bits per heavy atom. The zero-order valence-electron chi connectivity index (χ0n) is 9.41. The Labute approximate surface area is 108 Å². The molecule has 0 saturated carbocycles. The summed E-state index contributed by atoms with van der Waals surface area (Å²) < 4.78 is 27.0. The summed E-state index contributed by atoms with van der Waals surface area (Å²) in [5, 5.41) is 0.314. The van der Waals surface area contributed by atoms with E-state index in [-0.39, 0.29) is 12.1 Å². The van der Waals surface area contributed by atoms with E-state index in [1.54, 1.807) is 12.1 Å². The molecule has 0 radical (unpaired) electrons. The largest absolute Gasteiger partial charge is 0.322 e. The van der Waals surface area contributed by atoms with Crippen molar-refractivity contribution in [2.75, 3.05) is 0 Å². The van der Waals surface area contributed by atoms with Crippen LogP contribution in [-0.2, 0) is 6.42 Å². The lowest BCUT2D eigenvalue weighted by molar-refractivity contribution is 0.550. The highest BCUT2D eigenvalue weighted by Gasteiger charge is 2.15. The second-order valence-electron chi connectivity index (χ2n) is 3.92. The highest BCUT2D eigenvalue weighted by molar-refractivity contribution is 6.30. The number of nitrogens with two attached hydrogens (primary N) is 1. The smallest absolute Gasteiger partial charge is 0.146 e. The van der Waals surface area contributed by atoms with Crippen molar-refractivity contribution in [2.45, 2.75) is 12.5 Å². The van der Waals surface area contributed by atoms with E-state index in [0.717, 1.165) is 0 Å². The molecular formula is C13H11ClF2N2. The summed E-state index contributed by atoms with van der Waals surface area (Å²) in [5.74, 6) is -0.936. The fourth-order valence-corrected chi connectivity index (χ4v) is 1.85. The number of hydrogen-bond donors (Lipinski definition) is 1. The molecule has 0 bridgehead atoms. The van der Waals surface area contributed by atoms with Gasteiger partial charge in [0, 0.05) is 11.2 Å². The summed E-state index contributed by atoms with van der Waals surface area (Å²) in [7, 11) is 0. The Bertz CT molecular complexity index is 560. The molecule has 0 saturated heterocycles. The van der Waals surface area contributed by atoms with Crippen LogP contribution in [0.5, 0.6) is 0 Å². The van der Waals surface area contributed by atoms with Gasteiger partial charge in [0.15, 0.2) is 0 Å². The molecule has 0 spiro atoms. The molecule has 2 N–H and O–H groups in total. The molecule has 0 fully saturated rings. The number of rotatable bonds is 3. The molecule has 2 rings (SSSR count). The van der Waals surface area contributed by atoms with Crippen molar-refractivity contribution in [3.8, 4) is 0 Å². The molecule has 0 aliphatic carbocycles. The zero-order valence-corrected chi connectivity index (χ0v) is 10.2. The van der Waals surface area contributed by atoms with E-state index in [4.69, 9.17) is 17.3 Å². The highest BCUT2D eigenvalue weighted by atomic mass is 35.5. The zero-order chi connectivity index (χ0) is 13.1. The van der Waals surface area contributed by atoms with Crippen molar-refractivity contribution in [1.29, 1.82) is 0 Å². The molecule has 1 heterocycles. The average molecular weight is 269 g/mol. The summed E-state index contributed by atoms with van der Waals surface area (Å²) in [5.41, 5.74) is 6.35. The van der Waals surface area contributed by atoms with Gasteiger partial charge in [-0.05, 0) is 36.2 Å². The van der Waals surface area contributed by atoms with Gasteiger partial charge >= 0.3 is 0 Å². The maximum absolute atomic E-state index is 13.6. The van der Waals surface area contributed by atoms with Crippen LogP contribution in [0.3, 0.4) is 0 Å². The van der Waals surface area contributed by atoms with Crippen molar-refractivity contribution in [3.63, 3.8) is 0 Å². The molecule has 1 unspecified atom stereocenters. The topological polar surface area (TPSA) is 38.9 Å². The minimum Gasteiger partial charge on any atom is -0.322 e. The van der Waals surface area contributed by atoms with E-state index in [9.17, 15) is 8.78 Å². The SMILES string of the molecule is NC(Cc1ccc(Cl)cc1F)c1ncccc1F. The van der Waals surface area contributed by atoms with Crippen LogP contribution in [0.4, 0.5) is 8.78 Å². The van der Waals surface area contributed by atoms with Gasteiger partial charge in [-0.3, -0.25) is 4.98 Å². The summed E-state index contributed by atoms with van der Waals surface area (Å²) in [6, 6.07) is 6.38. The van der Waals surface area contributed by atoms with E-state index >= 15 is 0 Å². The minimum atomic E-state index is -0.693. The van der Waals surface area contributed by atoms with Crippen molar-refractivity contribution < 1.29 is 8.78 Å². The van der Waals surface area contributed by atoms with Gasteiger partial charge in [0.2, 0.25) is 0 Å². The Kier molecular flexibility index (Phi) is 3.89. The summed E-state index contributed by atoms with van der Waals surface area (Å²) in [6.07, 6.45) is 1.62. The van der Waals surface area contributed by atoms with E-state index in [1.807, 2.05) is 0 Å². The lowest BCUT2D eigenvalue weighted by Gasteiger charge is -2.12. The summed E-state index contributed by atoms with van der Waals surface area (Å²) in [6.45, 7) is 0. The maximum atomic E-state index is 13.6. The molecular weight excluding hydrogens is 258 g/mol. The Balaban J connectivity index is 2.21. The number of benzene rings is 1. The van der Waals surface area contributed by atoms with Gasteiger partial charge in [-0.25, -0.2) is 8.78 Å². The fourth-order valence-electron chi connectivity index (χ4n) is 1.69. The third-order valence-electron chi connectivity index (χ3n) is 2.59. The first kappa shape index (κ1) is 12.9. The number of hydrogen-bond acceptors (Lipinski definition) is 2. The van der Waals surface area contributed by atoms with Gasteiger partial charge in [0.25, 0.3) is 0 Å². The van der Waals surface area contributed by atoms with Gasteiger partial charge in [-0.15, -0.1) is 0 Å². The maximum Gasteiger partial charge on any atom is 0.146 e. The second kappa shape index (κ2) is 5.42. The van der Waals surface area contributed by atoms with E-state index in [0.29, 0.717) is 10.6 Å². The molecule has 1 aromatic heterocycles. The summed E-state index contributed by atoms with van der Waals surface area (Å²) >= 11 is 5.65. The fraction of sp³-hybridized carbons (Fsp3) is 0.154. The molecule has 2 aromatic rings. The first-order valence-corrected chi connectivity index (χ1v) is 5.75. The molecule has 0 aliphatic heterocycles. The van der Waals surface area contributed by atoms with Gasteiger partial charge in [-0.2, -0.15) is 0 Å². The van der Waals surface area contributed by atoms with E-state index < -0.39 is 17.7 Å². The van der Waals surface area contributed by atoms with Crippen molar-refractivity contribution >= 4 is 11.6 Å². The molecule has 18 heavy (non-hydrogen) atoms. The molecule has 94 valence electrons. The first-order chi connectivity index (χ1) is 8.58. The molecule has 1 aromatic carbocycles. The minimum absolute atomic E-state index is 0.131. The molecule has 0 aliphatic rings. The monoisotopic (exact) mass is 268 g/mol. The van der Waals surface area contributed by atoms with E-state index in [1.165, 1.54) is 24.4 Å². The van der Waals surface area contributed by atoms with Crippen molar-refractivity contribution in [3.05, 3.63) is 64.4 Å². The normalized spacial score (nSPS) is 12.4. The average Bonchev–Trinajstić information content (AvgIpc) is 2.33. The third kappa shape index (κ3) is 2.83. The molecule has 2 nitrogen and oxygen atoms in total. The number of halogens is 3. The predicted octanol–water partition coefficient (Wildman–Crippen LogP) is 3.26. The van der Waals surface area contributed by atoms with Crippen LogP contribution < -0.4 is 5.73 Å². The lowest BCUT2D eigenvalue weighted by atomic mass is 10.0. The predicted molar refractivity (Wildman–Crippen MR) is 66.2 cm³/mol. The Morgan fingerprint density at radius 1 is 1.22 bits per heavy atom. The van der Waals surface area contributed by atoms with Crippen molar-refractivity contribution in [2.24, 2.45) is 5.73 Å². The number of pyridine rings is 1. The quantitative estimate of drug-likeness (QED) is 0.928. The van der Waals surface area contributed by atoms with Crippen LogP contribution in [0.25, 0.3) is 0 Å². The van der Waals surface area contributed by atoms with Crippen LogP contribution in [0.1, 0.15) is 17.3 Å². The molecule has 0 amide bonds. The third-order valence-corrected chi connectivity index (χ3v) is 2.83. The van der Waals surface area contributed by atoms with Crippen molar-refractivity contribution in [1.82, 2.24) is 4.98 Å². The first-order valence-electron chi connectivity index (χ1n) is 5.38.